The average molecular weight is 759 g/mol. The molecule has 292 valence electrons. The molecule has 4 aromatic rings. The van der Waals surface area contributed by atoms with Crippen molar-refractivity contribution in [2.24, 2.45) is 5.41 Å². The van der Waals surface area contributed by atoms with Crippen molar-refractivity contribution in [2.75, 3.05) is 60.3 Å². The van der Waals surface area contributed by atoms with Crippen LogP contribution in [0.4, 0.5) is 28.8 Å². The maximum atomic E-state index is 13.6. The number of benzene rings is 1. The van der Waals surface area contributed by atoms with Crippen LogP contribution in [0.3, 0.4) is 0 Å². The highest BCUT2D eigenvalue weighted by Gasteiger charge is 2.45. The normalized spacial score (nSPS) is 22.6. The summed E-state index contributed by atoms with van der Waals surface area (Å²) in [6, 6.07) is 11.6. The summed E-state index contributed by atoms with van der Waals surface area (Å²) in [5.74, 6) is 0.00286. The largest absolute Gasteiger partial charge is 0.371 e. The summed E-state index contributed by atoms with van der Waals surface area (Å²) >= 11 is 0. The van der Waals surface area contributed by atoms with E-state index in [4.69, 9.17) is 9.97 Å². The Morgan fingerprint density at radius 2 is 1.61 bits per heavy atom. The molecule has 9 rings (SSSR count). The number of nitrogens with zero attached hydrogens (tertiary/aromatic N) is 8. The Bertz CT molecular complexity index is 2190. The van der Waals surface area contributed by atoms with Gasteiger partial charge in [0.15, 0.2) is 0 Å². The summed E-state index contributed by atoms with van der Waals surface area (Å²) in [5.41, 5.74) is 5.69. The zero-order valence-electron chi connectivity index (χ0n) is 32.5. The fraction of sp³-hybridized carbons (Fsp3) is 0.500. The molecule has 1 aromatic carbocycles. The first-order valence-electron chi connectivity index (χ1n) is 20.2. The molecule has 14 heteroatoms. The molecule has 14 nitrogen and oxygen atoms in total. The van der Waals surface area contributed by atoms with Gasteiger partial charge in [0, 0.05) is 75.6 Å². The highest BCUT2D eigenvalue weighted by atomic mass is 16.2. The Kier molecular flexibility index (Phi) is 9.16. The van der Waals surface area contributed by atoms with Crippen molar-refractivity contribution >= 4 is 63.5 Å². The van der Waals surface area contributed by atoms with Gasteiger partial charge in [-0.1, -0.05) is 18.9 Å². The van der Waals surface area contributed by atoms with E-state index in [0.29, 0.717) is 23.9 Å². The van der Waals surface area contributed by atoms with Crippen LogP contribution < -0.4 is 25.3 Å². The zero-order valence-corrected chi connectivity index (χ0v) is 32.5. The molecule has 0 bridgehead atoms. The van der Waals surface area contributed by atoms with E-state index in [9.17, 15) is 19.2 Å². The van der Waals surface area contributed by atoms with Crippen molar-refractivity contribution in [3.8, 4) is 0 Å². The Morgan fingerprint density at radius 1 is 0.893 bits per heavy atom. The second kappa shape index (κ2) is 14.2. The second-order valence-corrected chi connectivity index (χ2v) is 16.6. The van der Waals surface area contributed by atoms with Gasteiger partial charge in [-0.25, -0.2) is 9.97 Å². The van der Waals surface area contributed by atoms with Crippen molar-refractivity contribution in [1.82, 2.24) is 29.7 Å². The third-order valence-corrected chi connectivity index (χ3v) is 13.1. The number of aromatic nitrogens is 4. The van der Waals surface area contributed by atoms with Crippen molar-refractivity contribution in [3.63, 3.8) is 0 Å². The molecule has 4 amide bonds. The van der Waals surface area contributed by atoms with Gasteiger partial charge < -0.3 is 24.6 Å². The number of carbonyl (C=O) groups is 4. The standard InChI is InChI=1S/C42H50N10O4/c1-26-36-30(9-6-10-31(36)52(39(26)55)32-12-14-35(53)46-38(32)54)50-21-17-42(18-22-50)15-19-49(20-16-42)29-11-13-34(43-25-29)45-41-44-24-27-23-33(40(56)48(2)3)51(37(27)47-41)28-7-4-5-8-28/h6,9-11,13,23-26,28,32H,4-5,7-8,12,14-22H2,1-3H3,(H,46,53,54)(H,43,44,45,47)/t26-,32+/m1/s1. The van der Waals surface area contributed by atoms with Gasteiger partial charge >= 0.3 is 0 Å². The number of carbonyl (C=O) groups excluding carboxylic acids is 4. The van der Waals surface area contributed by atoms with Crippen molar-refractivity contribution in [2.45, 2.75) is 89.1 Å². The molecule has 56 heavy (non-hydrogen) atoms. The Morgan fingerprint density at radius 3 is 2.29 bits per heavy atom. The molecule has 2 atom stereocenters. The van der Waals surface area contributed by atoms with E-state index < -0.39 is 11.9 Å². The van der Waals surface area contributed by atoms with Crippen molar-refractivity contribution in [1.29, 1.82) is 0 Å². The maximum absolute atomic E-state index is 13.6. The van der Waals surface area contributed by atoms with E-state index in [-0.39, 0.29) is 41.5 Å². The molecule has 4 aliphatic heterocycles. The first-order chi connectivity index (χ1) is 27.1. The van der Waals surface area contributed by atoms with Crippen LogP contribution in [0.5, 0.6) is 0 Å². The smallest absolute Gasteiger partial charge is 0.270 e. The molecular formula is C42H50N10O4. The van der Waals surface area contributed by atoms with E-state index in [1.54, 1.807) is 30.1 Å². The lowest BCUT2D eigenvalue weighted by Gasteiger charge is -2.48. The lowest BCUT2D eigenvalue weighted by atomic mass is 9.71. The predicted octanol–water partition coefficient (Wildman–Crippen LogP) is 5.53. The average Bonchev–Trinajstić information content (AvgIpc) is 3.93. The van der Waals surface area contributed by atoms with E-state index in [1.807, 2.05) is 37.4 Å². The third kappa shape index (κ3) is 6.32. The van der Waals surface area contributed by atoms with Crippen LogP contribution >= 0.6 is 0 Å². The minimum atomic E-state index is -0.656. The molecular weight excluding hydrogens is 709 g/mol. The third-order valence-electron chi connectivity index (χ3n) is 13.1. The molecule has 0 radical (unpaired) electrons. The second-order valence-electron chi connectivity index (χ2n) is 16.6. The molecule has 0 unspecified atom stereocenters. The Balaban J connectivity index is 0.833. The first kappa shape index (κ1) is 36.1. The maximum Gasteiger partial charge on any atom is 0.270 e. The molecule has 1 saturated carbocycles. The van der Waals surface area contributed by atoms with Crippen LogP contribution in [0.1, 0.15) is 99.1 Å². The monoisotopic (exact) mass is 758 g/mol. The van der Waals surface area contributed by atoms with Gasteiger partial charge in [0.05, 0.1) is 23.5 Å². The number of nitrogens with one attached hydrogen (secondary N) is 2. The summed E-state index contributed by atoms with van der Waals surface area (Å²) < 4.78 is 2.12. The summed E-state index contributed by atoms with van der Waals surface area (Å²) in [4.78, 5) is 73.5. The van der Waals surface area contributed by atoms with E-state index >= 15 is 0 Å². The molecule has 1 spiro atoms. The molecule has 3 saturated heterocycles. The summed E-state index contributed by atoms with van der Waals surface area (Å²) in [7, 11) is 3.56. The topological polar surface area (TPSA) is 149 Å². The number of imide groups is 1. The van der Waals surface area contributed by atoms with Crippen LogP contribution in [0.25, 0.3) is 11.0 Å². The predicted molar refractivity (Wildman–Crippen MR) is 214 cm³/mol. The molecule has 5 aliphatic rings. The van der Waals surface area contributed by atoms with Gasteiger partial charge in [-0.15, -0.1) is 0 Å². The fourth-order valence-corrected chi connectivity index (χ4v) is 9.89. The Hall–Kier alpha value is -5.53. The summed E-state index contributed by atoms with van der Waals surface area (Å²) in [6.07, 6.45) is 13.1. The van der Waals surface area contributed by atoms with E-state index in [0.717, 1.165) is 111 Å². The van der Waals surface area contributed by atoms with Crippen LogP contribution in [0.2, 0.25) is 0 Å². The van der Waals surface area contributed by atoms with Gasteiger partial charge in [-0.05, 0) is 87.6 Å². The van der Waals surface area contributed by atoms with Gasteiger partial charge in [-0.3, -0.25) is 29.4 Å². The van der Waals surface area contributed by atoms with Gasteiger partial charge in [0.1, 0.15) is 23.2 Å². The number of hydrogen-bond acceptors (Lipinski definition) is 10. The van der Waals surface area contributed by atoms with E-state index in [2.05, 4.69) is 42.1 Å². The lowest BCUT2D eigenvalue weighted by Crippen LogP contribution is -2.53. The Labute approximate surface area is 326 Å². The number of fused-ring (bicyclic) bond motifs is 2. The van der Waals surface area contributed by atoms with E-state index in [1.165, 1.54) is 0 Å². The zero-order chi connectivity index (χ0) is 38.7. The summed E-state index contributed by atoms with van der Waals surface area (Å²) in [5, 5.41) is 6.58. The van der Waals surface area contributed by atoms with Crippen LogP contribution in [-0.4, -0.2) is 94.4 Å². The highest BCUT2D eigenvalue weighted by molar-refractivity contribution is 6.13. The minimum absolute atomic E-state index is 0.0270. The summed E-state index contributed by atoms with van der Waals surface area (Å²) in [6.45, 7) is 5.71. The first-order valence-corrected chi connectivity index (χ1v) is 20.2. The highest BCUT2D eigenvalue weighted by Crippen LogP contribution is 2.48. The van der Waals surface area contributed by atoms with Crippen LogP contribution in [0.15, 0.2) is 48.8 Å². The number of piperidine rings is 3. The number of rotatable bonds is 7. The molecule has 1 aliphatic carbocycles. The van der Waals surface area contributed by atoms with Gasteiger partial charge in [0.2, 0.25) is 23.7 Å². The van der Waals surface area contributed by atoms with Crippen LogP contribution in [0, 0.1) is 5.41 Å². The molecule has 4 fully saturated rings. The number of anilines is 5. The number of hydrogen-bond donors (Lipinski definition) is 2. The lowest BCUT2D eigenvalue weighted by molar-refractivity contribution is -0.135. The quantitative estimate of drug-likeness (QED) is 0.231. The van der Waals surface area contributed by atoms with Crippen LogP contribution in [-0.2, 0) is 14.4 Å². The fourth-order valence-electron chi connectivity index (χ4n) is 9.89. The van der Waals surface area contributed by atoms with Gasteiger partial charge in [-0.2, -0.15) is 4.98 Å². The SMILES string of the molecule is C[C@H]1C(=O)N([C@H]2CCC(=O)NC2=O)c2cccc(N3CCC4(CCN(c5ccc(Nc6ncc7cc(C(=O)N(C)C)n(C8CCCC8)c7n6)nc5)CC4)CC3)c21. The molecule has 3 aromatic heterocycles. The minimum Gasteiger partial charge on any atom is -0.371 e. The van der Waals surface area contributed by atoms with Crippen molar-refractivity contribution in [3.05, 3.63) is 60.0 Å². The number of amides is 4. The molecule has 7 heterocycles. The van der Waals surface area contributed by atoms with Crippen molar-refractivity contribution < 1.29 is 19.2 Å². The number of pyridine rings is 1. The molecule has 2 N–H and O–H groups in total. The van der Waals surface area contributed by atoms with Gasteiger partial charge in [0.25, 0.3) is 5.91 Å².